The lowest BCUT2D eigenvalue weighted by Gasteiger charge is -2.36. The van der Waals surface area contributed by atoms with Crippen LogP contribution in [0.2, 0.25) is 0 Å². The third-order valence-corrected chi connectivity index (χ3v) is 5.00. The van der Waals surface area contributed by atoms with Gasteiger partial charge in [-0.1, -0.05) is 54.6 Å². The highest BCUT2D eigenvalue weighted by Crippen LogP contribution is 2.38. The van der Waals surface area contributed by atoms with Gasteiger partial charge in [0.15, 0.2) is 5.60 Å². The number of aliphatic hydroxyl groups is 1. The molecule has 1 atom stereocenters. The molecular weight excluding hydrogens is 302 g/mol. The van der Waals surface area contributed by atoms with Crippen LogP contribution in [-0.4, -0.2) is 36.1 Å². The van der Waals surface area contributed by atoms with Gasteiger partial charge in [0, 0.05) is 0 Å². The van der Waals surface area contributed by atoms with Gasteiger partial charge < -0.3 is 19.9 Å². The maximum atomic E-state index is 11.9. The first-order valence-electron chi connectivity index (χ1n) is 8.30. The van der Waals surface area contributed by atoms with E-state index in [1.54, 1.807) is 42.5 Å². The van der Waals surface area contributed by atoms with Gasteiger partial charge in [-0.15, -0.1) is 0 Å². The fourth-order valence-corrected chi connectivity index (χ4v) is 3.56. The van der Waals surface area contributed by atoms with Crippen LogP contribution in [0.5, 0.6) is 0 Å². The number of rotatable bonds is 4. The number of carbonyl (C=O) groups is 1. The molecule has 3 rings (SSSR count). The minimum absolute atomic E-state index is 0.243. The van der Waals surface area contributed by atoms with E-state index in [4.69, 9.17) is 0 Å². The molecule has 1 unspecified atom stereocenters. The minimum Gasteiger partial charge on any atom is -0.546 e. The molecule has 1 heterocycles. The molecule has 4 heteroatoms. The van der Waals surface area contributed by atoms with Gasteiger partial charge >= 0.3 is 0 Å². The predicted molar refractivity (Wildman–Crippen MR) is 90.4 cm³/mol. The molecule has 2 aromatic rings. The lowest BCUT2D eigenvalue weighted by molar-refractivity contribution is -0.323. The van der Waals surface area contributed by atoms with E-state index in [0.717, 1.165) is 31.5 Å². The van der Waals surface area contributed by atoms with Crippen molar-refractivity contribution in [3.8, 4) is 0 Å². The number of nitrogens with zero attached hydrogens (tertiary/aromatic N) is 1. The maximum absolute atomic E-state index is 11.9. The molecule has 1 aliphatic rings. The van der Waals surface area contributed by atoms with E-state index in [2.05, 4.69) is 11.9 Å². The standard InChI is InChI=1S/C20H23NO3/c1-21-13-11-15(12-14-21)17-9-5-6-10-18(17)20(24,19(22)23)16-7-3-2-4-8-16/h2-10,15,24H,11-14H2,1H3,(H,22,23)/p-1. The van der Waals surface area contributed by atoms with Crippen molar-refractivity contribution in [2.45, 2.75) is 24.4 Å². The number of likely N-dealkylation sites (tertiary alicyclic amines) is 1. The van der Waals surface area contributed by atoms with Crippen LogP contribution in [0, 0.1) is 0 Å². The zero-order valence-corrected chi connectivity index (χ0v) is 13.8. The quantitative estimate of drug-likeness (QED) is 0.925. The van der Waals surface area contributed by atoms with Crippen molar-refractivity contribution in [1.82, 2.24) is 4.90 Å². The molecule has 0 aliphatic carbocycles. The highest BCUT2D eigenvalue weighted by Gasteiger charge is 2.36. The van der Waals surface area contributed by atoms with Gasteiger partial charge in [-0.25, -0.2) is 0 Å². The van der Waals surface area contributed by atoms with E-state index >= 15 is 0 Å². The van der Waals surface area contributed by atoms with E-state index in [9.17, 15) is 15.0 Å². The summed E-state index contributed by atoms with van der Waals surface area (Å²) in [6.45, 7) is 1.93. The first-order valence-corrected chi connectivity index (χ1v) is 8.30. The first-order chi connectivity index (χ1) is 11.5. The van der Waals surface area contributed by atoms with Crippen molar-refractivity contribution in [3.63, 3.8) is 0 Å². The van der Waals surface area contributed by atoms with Crippen molar-refractivity contribution in [2.75, 3.05) is 20.1 Å². The van der Waals surface area contributed by atoms with Crippen molar-refractivity contribution >= 4 is 5.97 Å². The molecule has 0 saturated carbocycles. The van der Waals surface area contributed by atoms with Crippen LogP contribution in [0.3, 0.4) is 0 Å². The molecule has 126 valence electrons. The Morgan fingerprint density at radius 3 is 2.29 bits per heavy atom. The highest BCUT2D eigenvalue weighted by atomic mass is 16.4. The van der Waals surface area contributed by atoms with Crippen LogP contribution in [0.15, 0.2) is 54.6 Å². The molecule has 1 fully saturated rings. The molecule has 0 amide bonds. The van der Waals surface area contributed by atoms with E-state index < -0.39 is 11.6 Å². The molecule has 1 aliphatic heterocycles. The Balaban J connectivity index is 2.08. The molecular formula is C20H22NO3-. The predicted octanol–water partition coefficient (Wildman–Crippen LogP) is 1.48. The maximum Gasteiger partial charge on any atom is 0.155 e. The normalized spacial score (nSPS) is 18.9. The van der Waals surface area contributed by atoms with Crippen LogP contribution in [0.4, 0.5) is 0 Å². The van der Waals surface area contributed by atoms with Gasteiger partial charge in [-0.05, 0) is 55.6 Å². The average Bonchev–Trinajstić information content (AvgIpc) is 2.62. The Bertz CT molecular complexity index is 708. The minimum atomic E-state index is -2.14. The number of carboxylic acid groups (broad SMARTS) is 1. The van der Waals surface area contributed by atoms with Gasteiger partial charge in [-0.3, -0.25) is 0 Å². The van der Waals surface area contributed by atoms with Crippen LogP contribution >= 0.6 is 0 Å². The summed E-state index contributed by atoms with van der Waals surface area (Å²) in [6.07, 6.45) is 1.90. The van der Waals surface area contributed by atoms with Crippen molar-refractivity contribution in [2.24, 2.45) is 0 Å². The number of aliphatic carboxylic acids is 1. The van der Waals surface area contributed by atoms with Gasteiger partial charge in [0.25, 0.3) is 0 Å². The molecule has 4 nitrogen and oxygen atoms in total. The third-order valence-electron chi connectivity index (χ3n) is 5.00. The number of carboxylic acids is 1. The second-order valence-corrected chi connectivity index (χ2v) is 6.53. The second-order valence-electron chi connectivity index (χ2n) is 6.53. The monoisotopic (exact) mass is 324 g/mol. The number of carbonyl (C=O) groups excluding carboxylic acids is 1. The van der Waals surface area contributed by atoms with Crippen LogP contribution in [-0.2, 0) is 10.4 Å². The summed E-state index contributed by atoms with van der Waals surface area (Å²) in [6, 6.07) is 15.8. The smallest absolute Gasteiger partial charge is 0.155 e. The Morgan fingerprint density at radius 1 is 1.08 bits per heavy atom. The second kappa shape index (κ2) is 6.75. The third kappa shape index (κ3) is 2.95. The summed E-state index contributed by atoms with van der Waals surface area (Å²) in [5.41, 5.74) is -0.487. The fraction of sp³-hybridized carbons (Fsp3) is 0.350. The number of hydrogen-bond acceptors (Lipinski definition) is 4. The summed E-state index contributed by atoms with van der Waals surface area (Å²) in [4.78, 5) is 14.2. The molecule has 0 radical (unpaired) electrons. The lowest BCUT2D eigenvalue weighted by Crippen LogP contribution is -2.47. The van der Waals surface area contributed by atoms with E-state index in [1.165, 1.54) is 0 Å². The largest absolute Gasteiger partial charge is 0.546 e. The van der Waals surface area contributed by atoms with Gasteiger partial charge in [0.05, 0.1) is 5.97 Å². The average molecular weight is 324 g/mol. The number of piperidine rings is 1. The summed E-state index contributed by atoms with van der Waals surface area (Å²) in [5.74, 6) is -1.25. The van der Waals surface area contributed by atoms with Crippen LogP contribution in [0.25, 0.3) is 0 Å². The van der Waals surface area contributed by atoms with Gasteiger partial charge in [0.2, 0.25) is 0 Å². The number of hydrogen-bond donors (Lipinski definition) is 1. The summed E-state index contributed by atoms with van der Waals surface area (Å²) in [5, 5.41) is 23.1. The first kappa shape index (κ1) is 16.7. The van der Waals surface area contributed by atoms with Gasteiger partial charge in [-0.2, -0.15) is 0 Å². The summed E-state index contributed by atoms with van der Waals surface area (Å²) < 4.78 is 0. The van der Waals surface area contributed by atoms with E-state index in [-0.39, 0.29) is 5.92 Å². The zero-order chi connectivity index (χ0) is 17.2. The summed E-state index contributed by atoms with van der Waals surface area (Å²) in [7, 11) is 2.09. The Morgan fingerprint density at radius 2 is 1.67 bits per heavy atom. The van der Waals surface area contributed by atoms with Gasteiger partial charge in [0.1, 0.15) is 0 Å². The molecule has 0 spiro atoms. The van der Waals surface area contributed by atoms with E-state index in [0.29, 0.717) is 11.1 Å². The Labute approximate surface area is 142 Å². The van der Waals surface area contributed by atoms with Crippen molar-refractivity contribution in [1.29, 1.82) is 0 Å². The zero-order valence-electron chi connectivity index (χ0n) is 13.8. The Hall–Kier alpha value is -2.17. The van der Waals surface area contributed by atoms with Crippen LogP contribution < -0.4 is 5.11 Å². The highest BCUT2D eigenvalue weighted by molar-refractivity contribution is 5.82. The molecule has 0 aromatic heterocycles. The lowest BCUT2D eigenvalue weighted by atomic mass is 9.78. The Kier molecular flexibility index (Phi) is 4.69. The number of benzene rings is 2. The van der Waals surface area contributed by atoms with Crippen molar-refractivity contribution in [3.05, 3.63) is 71.3 Å². The summed E-state index contributed by atoms with van der Waals surface area (Å²) >= 11 is 0. The molecule has 2 aromatic carbocycles. The van der Waals surface area contributed by atoms with E-state index in [1.807, 2.05) is 12.1 Å². The molecule has 0 bridgehead atoms. The fourth-order valence-electron chi connectivity index (χ4n) is 3.56. The van der Waals surface area contributed by atoms with Crippen LogP contribution in [0.1, 0.15) is 35.4 Å². The SMILES string of the molecule is CN1CCC(c2ccccc2C(O)(C(=O)[O-])c2ccccc2)CC1. The molecule has 1 saturated heterocycles. The molecule has 24 heavy (non-hydrogen) atoms. The molecule has 1 N–H and O–H groups in total. The van der Waals surface area contributed by atoms with Crippen molar-refractivity contribution < 1.29 is 15.0 Å². The topological polar surface area (TPSA) is 63.6 Å².